The number of amidine groups is 1. The molecule has 2 aromatic carbocycles. The minimum Gasteiger partial charge on any atom is -0.480 e. The fourth-order valence-electron chi connectivity index (χ4n) is 2.85. The molecule has 0 saturated heterocycles. The van der Waals surface area contributed by atoms with Crippen LogP contribution in [0, 0.1) is 5.41 Å². The van der Waals surface area contributed by atoms with E-state index in [0.717, 1.165) is 30.5 Å². The number of nitrogen functional groups attached to an aromatic ring is 1. The average Bonchev–Trinajstić information content (AvgIpc) is 2.86. The molecule has 42 heavy (non-hydrogen) atoms. The molecule has 0 atom stereocenters. The van der Waals surface area contributed by atoms with Crippen LogP contribution in [0.5, 0.6) is 0 Å². The first-order chi connectivity index (χ1) is 19.2. The maximum atomic E-state index is 11.2. The highest BCUT2D eigenvalue weighted by Crippen LogP contribution is 2.18. The Bertz CT molecular complexity index is 1210. The minimum atomic E-state index is -5.08. The molecule has 0 heterocycles. The van der Waals surface area contributed by atoms with E-state index < -0.39 is 30.3 Å². The lowest BCUT2D eigenvalue weighted by molar-refractivity contribution is -0.193. The number of halogens is 6. The Morgan fingerprint density at radius 3 is 1.74 bits per heavy atom. The van der Waals surface area contributed by atoms with Gasteiger partial charge in [-0.05, 0) is 49.1 Å². The van der Waals surface area contributed by atoms with Gasteiger partial charge in [-0.3, -0.25) is 10.2 Å². The number of nitrogens with one attached hydrogen (secondary N) is 1. The first-order valence-corrected chi connectivity index (χ1v) is 11.4. The molecule has 0 unspecified atom stereocenters. The lowest BCUT2D eigenvalue weighted by Crippen LogP contribution is -2.31. The number of benzene rings is 2. The third-order valence-corrected chi connectivity index (χ3v) is 4.67. The Morgan fingerprint density at radius 1 is 0.833 bits per heavy atom. The number of carboxylic acid groups (broad SMARTS) is 3. The van der Waals surface area contributed by atoms with E-state index in [2.05, 4.69) is 4.99 Å². The van der Waals surface area contributed by atoms with Gasteiger partial charge >= 0.3 is 30.3 Å². The van der Waals surface area contributed by atoms with Gasteiger partial charge in [0.05, 0.1) is 5.69 Å². The average molecular weight is 611 g/mol. The second kappa shape index (κ2) is 16.9. The highest BCUT2D eigenvalue weighted by atomic mass is 19.4. The summed E-state index contributed by atoms with van der Waals surface area (Å²) in [6.07, 6.45) is -7.56. The fraction of sp³-hybridized carbons (Fsp3) is 0.292. The summed E-state index contributed by atoms with van der Waals surface area (Å²) in [5.74, 6) is -6.43. The van der Waals surface area contributed by atoms with Crippen molar-refractivity contribution < 1.29 is 56.0 Å². The highest BCUT2D eigenvalue weighted by molar-refractivity contribution is 5.96. The fourth-order valence-corrected chi connectivity index (χ4v) is 2.85. The Kier molecular flexibility index (Phi) is 14.9. The van der Waals surface area contributed by atoms with Crippen molar-refractivity contribution in [3.05, 3.63) is 59.7 Å². The van der Waals surface area contributed by atoms with Crippen molar-refractivity contribution in [3.63, 3.8) is 0 Å². The van der Waals surface area contributed by atoms with Gasteiger partial charge < -0.3 is 37.4 Å². The van der Waals surface area contributed by atoms with Gasteiger partial charge in [0.15, 0.2) is 5.96 Å². The molecule has 10 N–H and O–H groups in total. The number of hydrogen-bond donors (Lipinski definition) is 7. The van der Waals surface area contributed by atoms with E-state index in [9.17, 15) is 36.2 Å². The normalized spacial score (nSPS) is 10.6. The van der Waals surface area contributed by atoms with Crippen LogP contribution in [0.2, 0.25) is 0 Å². The van der Waals surface area contributed by atoms with Crippen LogP contribution in [-0.4, -0.2) is 70.5 Å². The van der Waals surface area contributed by atoms with E-state index in [1.807, 2.05) is 30.3 Å². The summed E-state index contributed by atoms with van der Waals surface area (Å²) in [7, 11) is 0. The van der Waals surface area contributed by atoms with Crippen LogP contribution in [0.15, 0.2) is 53.5 Å². The van der Waals surface area contributed by atoms with E-state index in [-0.39, 0.29) is 18.3 Å². The Labute approximate surface area is 234 Å². The van der Waals surface area contributed by atoms with Crippen LogP contribution in [0.25, 0.3) is 0 Å². The third-order valence-electron chi connectivity index (χ3n) is 4.67. The lowest BCUT2D eigenvalue weighted by atomic mass is 10.1. The van der Waals surface area contributed by atoms with Gasteiger partial charge in [-0.25, -0.2) is 14.6 Å². The van der Waals surface area contributed by atoms with Crippen LogP contribution < -0.4 is 22.1 Å². The largest absolute Gasteiger partial charge is 0.490 e. The summed E-state index contributed by atoms with van der Waals surface area (Å²) < 4.78 is 63.5. The molecule has 12 nitrogen and oxygen atoms in total. The predicted octanol–water partition coefficient (Wildman–Crippen LogP) is 3.06. The van der Waals surface area contributed by atoms with Gasteiger partial charge in [0.25, 0.3) is 0 Å². The zero-order valence-electron chi connectivity index (χ0n) is 21.6. The molecule has 2 rings (SSSR count). The zero-order valence-corrected chi connectivity index (χ0v) is 21.6. The zero-order chi connectivity index (χ0) is 32.7. The number of unbranched alkanes of at least 4 members (excludes halogenated alkanes) is 1. The molecule has 0 amide bonds. The number of rotatable bonds is 10. The third kappa shape index (κ3) is 16.2. The van der Waals surface area contributed by atoms with Gasteiger partial charge in [0.2, 0.25) is 0 Å². The summed E-state index contributed by atoms with van der Waals surface area (Å²) >= 11 is 0. The van der Waals surface area contributed by atoms with E-state index in [0.29, 0.717) is 17.8 Å². The smallest absolute Gasteiger partial charge is 0.480 e. The number of aliphatic imine (C=N–C) groups is 1. The number of carboxylic acids is 3. The molecule has 0 fully saturated rings. The standard InChI is InChI=1S/C20H26N6O2.2C2HF3O2/c21-19(22)15-5-3-6-17(12-15)26(13-18(27)28)11-2-1-4-14-7-9-16(10-8-14)25-20(23)24;2*3-2(4,5)1(6)7/h3,5-10,12H,1-2,4,11,13H2,(H3,21,22)(H,27,28)(H4,23,24,25);2*(H,6,7). The van der Waals surface area contributed by atoms with Gasteiger partial charge in [-0.2, -0.15) is 26.3 Å². The first kappa shape index (κ1) is 37.0. The number of carbonyl (C=O) groups is 3. The number of aliphatic carboxylic acids is 3. The van der Waals surface area contributed by atoms with E-state index >= 15 is 0 Å². The molecule has 0 aliphatic rings. The number of anilines is 1. The SMILES string of the molecule is N=C(N)c1cccc(N(CCCCc2ccc(N=C(N)N)cc2)CC(=O)O)c1.O=C(O)C(F)(F)F.O=C(O)C(F)(F)F. The molecular formula is C24H28F6N6O6. The minimum absolute atomic E-state index is 0.0279. The molecule has 2 aromatic rings. The van der Waals surface area contributed by atoms with Crippen LogP contribution in [0.1, 0.15) is 24.0 Å². The number of nitrogens with zero attached hydrogens (tertiary/aromatic N) is 2. The monoisotopic (exact) mass is 610 g/mol. The summed E-state index contributed by atoms with van der Waals surface area (Å²) in [6, 6.07) is 14.8. The molecule has 0 aromatic heterocycles. The van der Waals surface area contributed by atoms with Crippen molar-refractivity contribution >= 4 is 41.1 Å². The van der Waals surface area contributed by atoms with E-state index in [4.69, 9.17) is 42.4 Å². The number of guanidine groups is 1. The van der Waals surface area contributed by atoms with Gasteiger partial charge in [-0.15, -0.1) is 0 Å². The molecule has 0 aliphatic heterocycles. The van der Waals surface area contributed by atoms with Crippen molar-refractivity contribution in [1.82, 2.24) is 0 Å². The number of nitrogens with two attached hydrogens (primary N) is 3. The van der Waals surface area contributed by atoms with Crippen molar-refractivity contribution in [2.75, 3.05) is 18.0 Å². The molecule has 0 spiro atoms. The topological polar surface area (TPSA) is 229 Å². The highest BCUT2D eigenvalue weighted by Gasteiger charge is 2.38. The Balaban J connectivity index is 0.000000990. The van der Waals surface area contributed by atoms with E-state index in [1.54, 1.807) is 23.1 Å². The second-order valence-corrected chi connectivity index (χ2v) is 8.05. The Hall–Kier alpha value is -5.03. The van der Waals surface area contributed by atoms with Crippen LogP contribution >= 0.6 is 0 Å². The number of alkyl halides is 6. The maximum Gasteiger partial charge on any atom is 0.490 e. The molecular weight excluding hydrogens is 582 g/mol. The molecule has 0 saturated carbocycles. The summed E-state index contributed by atoms with van der Waals surface area (Å²) in [5.41, 5.74) is 19.5. The number of hydrogen-bond acceptors (Lipinski definition) is 6. The molecule has 18 heteroatoms. The van der Waals surface area contributed by atoms with Crippen molar-refractivity contribution in [3.8, 4) is 0 Å². The molecule has 0 bridgehead atoms. The lowest BCUT2D eigenvalue weighted by Gasteiger charge is -2.23. The first-order valence-electron chi connectivity index (χ1n) is 11.4. The van der Waals surface area contributed by atoms with Crippen LogP contribution in [-0.2, 0) is 20.8 Å². The second-order valence-electron chi connectivity index (χ2n) is 8.05. The van der Waals surface area contributed by atoms with Crippen LogP contribution in [0.4, 0.5) is 37.7 Å². The maximum absolute atomic E-state index is 11.2. The molecule has 232 valence electrons. The van der Waals surface area contributed by atoms with Crippen LogP contribution in [0.3, 0.4) is 0 Å². The summed E-state index contributed by atoms with van der Waals surface area (Å²) in [6.45, 7) is 0.494. The predicted molar refractivity (Wildman–Crippen MR) is 140 cm³/mol. The molecule has 0 aliphatic carbocycles. The summed E-state index contributed by atoms with van der Waals surface area (Å²) in [5, 5.41) is 31.0. The van der Waals surface area contributed by atoms with Gasteiger partial charge in [-0.1, -0.05) is 24.3 Å². The quantitative estimate of drug-likeness (QED) is 0.0899. The van der Waals surface area contributed by atoms with E-state index in [1.165, 1.54) is 0 Å². The van der Waals surface area contributed by atoms with Gasteiger partial charge in [0.1, 0.15) is 12.4 Å². The number of aryl methyl sites for hydroxylation is 1. The molecule has 0 radical (unpaired) electrons. The Morgan fingerprint density at radius 2 is 1.33 bits per heavy atom. The van der Waals surface area contributed by atoms with Crippen molar-refractivity contribution in [2.24, 2.45) is 22.2 Å². The van der Waals surface area contributed by atoms with Crippen molar-refractivity contribution in [1.29, 1.82) is 5.41 Å². The summed E-state index contributed by atoms with van der Waals surface area (Å²) in [4.78, 5) is 34.8. The van der Waals surface area contributed by atoms with Crippen molar-refractivity contribution in [2.45, 2.75) is 31.6 Å². The van der Waals surface area contributed by atoms with Gasteiger partial charge in [0, 0.05) is 17.8 Å².